The van der Waals surface area contributed by atoms with Gasteiger partial charge in [-0.2, -0.15) is 0 Å². The van der Waals surface area contributed by atoms with Gasteiger partial charge in [0.1, 0.15) is 11.6 Å². The standard InChI is InChI=1S/C4H7IN4/c1-3-7-4(2-6-5)9-8-3/h6H,2H2,1H3,(H,7,8,9). The van der Waals surface area contributed by atoms with Crippen molar-refractivity contribution in [1.82, 2.24) is 18.7 Å². The van der Waals surface area contributed by atoms with Crippen LogP contribution in [-0.2, 0) is 6.54 Å². The Hall–Kier alpha value is -0.170. The summed E-state index contributed by atoms with van der Waals surface area (Å²) in [5.74, 6) is 1.73. The van der Waals surface area contributed by atoms with E-state index in [2.05, 4.69) is 41.6 Å². The molecule has 0 aliphatic heterocycles. The van der Waals surface area contributed by atoms with Gasteiger partial charge in [-0.15, -0.1) is 10.2 Å². The van der Waals surface area contributed by atoms with Gasteiger partial charge in [-0.3, -0.25) is 3.53 Å². The summed E-state index contributed by atoms with van der Waals surface area (Å²) in [5.41, 5.74) is 0. The van der Waals surface area contributed by atoms with Crippen LogP contribution in [0.2, 0.25) is 0 Å². The molecule has 2 N–H and O–H groups in total. The first-order valence-corrected chi connectivity index (χ1v) is 3.62. The number of aryl methyl sites for hydroxylation is 1. The molecule has 50 valence electrons. The number of nitrogens with zero attached hydrogens (tertiary/aromatic N) is 2. The average molecular weight is 238 g/mol. The van der Waals surface area contributed by atoms with Crippen molar-refractivity contribution in [2.24, 2.45) is 0 Å². The molecule has 1 aromatic rings. The maximum absolute atomic E-state index is 3.83. The van der Waals surface area contributed by atoms with Crippen LogP contribution in [0.15, 0.2) is 0 Å². The number of aromatic amines is 1. The zero-order valence-corrected chi connectivity index (χ0v) is 7.14. The number of rotatable bonds is 2. The van der Waals surface area contributed by atoms with Gasteiger partial charge >= 0.3 is 0 Å². The zero-order valence-electron chi connectivity index (χ0n) is 4.98. The number of H-pyrrole nitrogens is 1. The quantitative estimate of drug-likeness (QED) is 0.584. The van der Waals surface area contributed by atoms with E-state index in [-0.39, 0.29) is 0 Å². The molecule has 0 radical (unpaired) electrons. The van der Waals surface area contributed by atoms with Gasteiger partial charge in [-0.25, -0.2) is 0 Å². The fourth-order valence-electron chi connectivity index (χ4n) is 0.537. The Labute approximate surface area is 66.9 Å². The molecule has 0 aliphatic rings. The van der Waals surface area contributed by atoms with Gasteiger partial charge in [0.25, 0.3) is 0 Å². The first-order valence-electron chi connectivity index (χ1n) is 2.54. The number of nitrogens with one attached hydrogen (secondary N) is 2. The Morgan fingerprint density at radius 2 is 2.44 bits per heavy atom. The minimum absolute atomic E-state index is 0.738. The van der Waals surface area contributed by atoms with Crippen LogP contribution >= 0.6 is 22.9 Å². The van der Waals surface area contributed by atoms with Crippen LogP contribution in [0, 0.1) is 6.92 Å². The molecule has 0 saturated heterocycles. The van der Waals surface area contributed by atoms with E-state index < -0.39 is 0 Å². The van der Waals surface area contributed by atoms with Crippen molar-refractivity contribution >= 4 is 22.9 Å². The lowest BCUT2D eigenvalue weighted by atomic mass is 10.6. The molecule has 4 nitrogen and oxygen atoms in total. The SMILES string of the molecule is Cc1nnc(CNI)[nH]1. The van der Waals surface area contributed by atoms with E-state index in [0.717, 1.165) is 18.2 Å². The highest BCUT2D eigenvalue weighted by Crippen LogP contribution is 1.89. The highest BCUT2D eigenvalue weighted by atomic mass is 127. The van der Waals surface area contributed by atoms with E-state index in [1.165, 1.54) is 0 Å². The average Bonchev–Trinajstić information content (AvgIpc) is 2.17. The Morgan fingerprint density at radius 1 is 1.67 bits per heavy atom. The van der Waals surface area contributed by atoms with Gasteiger partial charge in [0, 0.05) is 22.9 Å². The lowest BCUT2D eigenvalue weighted by Crippen LogP contribution is -1.99. The predicted octanol–water partition coefficient (Wildman–Crippen LogP) is 0.553. The van der Waals surface area contributed by atoms with Gasteiger partial charge in [0.15, 0.2) is 0 Å². The third kappa shape index (κ3) is 1.90. The number of hydrogen-bond donors (Lipinski definition) is 2. The van der Waals surface area contributed by atoms with Crippen LogP contribution in [0.5, 0.6) is 0 Å². The third-order valence-electron chi connectivity index (χ3n) is 0.880. The summed E-state index contributed by atoms with van der Waals surface area (Å²) >= 11 is 2.06. The molecule has 0 bridgehead atoms. The molecule has 9 heavy (non-hydrogen) atoms. The van der Waals surface area contributed by atoms with Crippen molar-refractivity contribution in [3.8, 4) is 0 Å². The van der Waals surface area contributed by atoms with Gasteiger partial charge in [0.05, 0.1) is 6.54 Å². The molecule has 1 rings (SSSR count). The molecular weight excluding hydrogens is 231 g/mol. The lowest BCUT2D eigenvalue weighted by molar-refractivity contribution is 0.888. The third-order valence-corrected chi connectivity index (χ3v) is 1.26. The summed E-state index contributed by atoms with van der Waals surface area (Å²) < 4.78 is 2.93. The van der Waals surface area contributed by atoms with E-state index >= 15 is 0 Å². The number of halogens is 1. The van der Waals surface area contributed by atoms with E-state index in [4.69, 9.17) is 0 Å². The van der Waals surface area contributed by atoms with Gasteiger partial charge < -0.3 is 4.98 Å². The normalized spacial score (nSPS) is 10.0. The largest absolute Gasteiger partial charge is 0.328 e. The number of aromatic nitrogens is 3. The molecule has 0 atom stereocenters. The molecule has 1 aromatic heterocycles. The van der Waals surface area contributed by atoms with Crippen molar-refractivity contribution in [2.45, 2.75) is 13.5 Å². The van der Waals surface area contributed by atoms with Gasteiger partial charge in [0.2, 0.25) is 0 Å². The second kappa shape index (κ2) is 3.11. The zero-order chi connectivity index (χ0) is 6.69. The van der Waals surface area contributed by atoms with E-state index in [9.17, 15) is 0 Å². The van der Waals surface area contributed by atoms with Crippen molar-refractivity contribution in [1.29, 1.82) is 0 Å². The first-order chi connectivity index (χ1) is 4.33. The van der Waals surface area contributed by atoms with Crippen LogP contribution in [0.25, 0.3) is 0 Å². The van der Waals surface area contributed by atoms with E-state index in [0.29, 0.717) is 0 Å². The molecule has 0 aliphatic carbocycles. The molecule has 5 heteroatoms. The fraction of sp³-hybridized carbons (Fsp3) is 0.500. The van der Waals surface area contributed by atoms with Crippen LogP contribution in [-0.4, -0.2) is 15.2 Å². The molecule has 0 aromatic carbocycles. The second-order valence-corrected chi connectivity index (χ2v) is 2.43. The smallest absolute Gasteiger partial charge is 0.145 e. The Bertz CT molecular complexity index is 184. The summed E-state index contributed by atoms with van der Waals surface area (Å²) in [6.07, 6.45) is 0. The Balaban J connectivity index is 2.61. The van der Waals surface area contributed by atoms with Gasteiger partial charge in [-0.05, 0) is 6.92 Å². The molecule has 0 unspecified atom stereocenters. The Morgan fingerprint density at radius 3 is 2.89 bits per heavy atom. The van der Waals surface area contributed by atoms with Crippen molar-refractivity contribution in [3.05, 3.63) is 11.6 Å². The first kappa shape index (κ1) is 6.94. The van der Waals surface area contributed by atoms with E-state index in [1.54, 1.807) is 0 Å². The highest BCUT2D eigenvalue weighted by molar-refractivity contribution is 14.1. The lowest BCUT2D eigenvalue weighted by Gasteiger charge is -1.86. The summed E-state index contributed by atoms with van der Waals surface area (Å²) in [6, 6.07) is 0. The maximum atomic E-state index is 3.83. The molecule has 0 spiro atoms. The van der Waals surface area contributed by atoms with Crippen molar-refractivity contribution < 1.29 is 0 Å². The highest BCUT2D eigenvalue weighted by Gasteiger charge is 1.94. The summed E-state index contributed by atoms with van der Waals surface area (Å²) in [6.45, 7) is 2.62. The second-order valence-electron chi connectivity index (χ2n) is 1.67. The monoisotopic (exact) mass is 238 g/mol. The van der Waals surface area contributed by atoms with E-state index in [1.807, 2.05) is 6.92 Å². The molecular formula is C4H7IN4. The predicted molar refractivity (Wildman–Crippen MR) is 42.0 cm³/mol. The Kier molecular flexibility index (Phi) is 2.40. The van der Waals surface area contributed by atoms with Crippen molar-refractivity contribution in [3.63, 3.8) is 0 Å². The summed E-state index contributed by atoms with van der Waals surface area (Å²) in [4.78, 5) is 2.99. The molecule has 0 saturated carbocycles. The summed E-state index contributed by atoms with van der Waals surface area (Å²) in [7, 11) is 0. The maximum Gasteiger partial charge on any atom is 0.145 e. The minimum atomic E-state index is 0.738. The summed E-state index contributed by atoms with van der Waals surface area (Å²) in [5, 5.41) is 7.62. The fourth-order valence-corrected chi connectivity index (χ4v) is 0.898. The van der Waals surface area contributed by atoms with Crippen LogP contribution < -0.4 is 3.53 Å². The minimum Gasteiger partial charge on any atom is -0.328 e. The van der Waals surface area contributed by atoms with Gasteiger partial charge in [-0.1, -0.05) is 0 Å². The molecule has 0 fully saturated rings. The molecule has 1 heterocycles. The van der Waals surface area contributed by atoms with Crippen molar-refractivity contribution in [2.75, 3.05) is 0 Å². The topological polar surface area (TPSA) is 53.6 Å². The number of hydrogen-bond acceptors (Lipinski definition) is 3. The van der Waals surface area contributed by atoms with Crippen LogP contribution in [0.1, 0.15) is 11.6 Å². The van der Waals surface area contributed by atoms with Crippen LogP contribution in [0.4, 0.5) is 0 Å². The van der Waals surface area contributed by atoms with Crippen LogP contribution in [0.3, 0.4) is 0 Å². The molecule has 0 amide bonds.